The molecule has 2 aliphatic heterocycles. The van der Waals surface area contributed by atoms with Gasteiger partial charge in [0.1, 0.15) is 23.5 Å². The number of carbonyl (C=O) groups excluding carboxylic acids is 3. The number of hydrogen-bond acceptors (Lipinski definition) is 10. The molecule has 2 amide bonds. The second-order valence-electron chi connectivity index (χ2n) is 11.2. The summed E-state index contributed by atoms with van der Waals surface area (Å²) in [5.74, 6) is 1.10. The molecule has 0 aromatic carbocycles. The number of rotatable bonds is 14. The Hall–Kier alpha value is -0.983. The Bertz CT molecular complexity index is 956. The molecule has 2 fully saturated rings. The summed E-state index contributed by atoms with van der Waals surface area (Å²) >= 11 is 0.891. The number of amides is 2. The Morgan fingerprint density at radius 1 is 1.20 bits per heavy atom. The number of β-lactam (4-membered cyclic amide) rings is 1. The van der Waals surface area contributed by atoms with Crippen LogP contribution in [0.2, 0.25) is 18.1 Å². The zero-order valence-corrected chi connectivity index (χ0v) is 28.2. The van der Waals surface area contributed by atoms with E-state index in [-0.39, 0.29) is 36.6 Å². The van der Waals surface area contributed by atoms with E-state index in [1.807, 2.05) is 27.7 Å². The summed E-state index contributed by atoms with van der Waals surface area (Å²) in [5.41, 5.74) is -1.49. The van der Waals surface area contributed by atoms with E-state index in [1.165, 1.54) is 6.08 Å². The Balaban J connectivity index is 2.77. The standard InChI is InChI=1S/C27H48NO9PSSi/c1-11-17-33-25(31)28-23(30)27(20(5)37-40(9,10)26(6,7)8,19-38(34-12-2,35-13-3)36-14-4)24(28)39-22(29)21-16-15-18-32-21/h11,19-21,24H,1,12-18H2,2-10H3. The molecule has 0 N–H and O–H groups in total. The SMILES string of the molecule is C=CCOC(=O)N1C(=O)C(C=P(OCC)(OCC)OCC)(C(C)O[Si](C)(C)C(C)(C)C)C1SC(=O)C1CCCO1. The molecule has 0 saturated carbocycles. The van der Waals surface area contributed by atoms with Gasteiger partial charge in [-0.25, -0.2) is 9.69 Å². The van der Waals surface area contributed by atoms with Crippen LogP contribution in [0.25, 0.3) is 0 Å². The Kier molecular flexibility index (Phi) is 12.7. The summed E-state index contributed by atoms with van der Waals surface area (Å²) in [4.78, 5) is 41.8. The normalized spacial score (nSPS) is 24.4. The van der Waals surface area contributed by atoms with Crippen molar-refractivity contribution in [1.29, 1.82) is 0 Å². The van der Waals surface area contributed by atoms with Crippen molar-refractivity contribution in [2.45, 2.75) is 97.0 Å². The molecule has 2 heterocycles. The average molecular weight is 622 g/mol. The van der Waals surface area contributed by atoms with E-state index >= 15 is 0 Å². The maximum Gasteiger partial charge on any atom is 0.417 e. The predicted octanol–water partition coefficient (Wildman–Crippen LogP) is 5.99. The van der Waals surface area contributed by atoms with Crippen LogP contribution < -0.4 is 0 Å². The molecule has 0 bridgehead atoms. The van der Waals surface area contributed by atoms with E-state index in [1.54, 1.807) is 5.80 Å². The third kappa shape index (κ3) is 7.50. The van der Waals surface area contributed by atoms with Gasteiger partial charge in [0.15, 0.2) is 8.32 Å². The molecule has 2 saturated heterocycles. The molecule has 2 rings (SSSR count). The maximum absolute atomic E-state index is 14.3. The highest BCUT2D eigenvalue weighted by molar-refractivity contribution is 8.14. The highest BCUT2D eigenvalue weighted by Crippen LogP contribution is 2.59. The summed E-state index contributed by atoms with van der Waals surface area (Å²) in [5, 5.41) is -1.42. The first-order valence-electron chi connectivity index (χ1n) is 14.0. The number of imide groups is 1. The third-order valence-corrected chi connectivity index (χ3v) is 15.9. The molecule has 40 heavy (non-hydrogen) atoms. The minimum atomic E-state index is -3.23. The van der Waals surface area contributed by atoms with Crippen molar-refractivity contribution in [1.82, 2.24) is 4.90 Å². The molecule has 0 aromatic rings. The lowest BCUT2D eigenvalue weighted by molar-refractivity contribution is -0.159. The number of nitrogens with zero attached hydrogens (tertiary/aromatic N) is 1. The van der Waals surface area contributed by atoms with Crippen LogP contribution in [0.3, 0.4) is 0 Å². The first kappa shape index (κ1) is 35.2. The molecular weight excluding hydrogens is 573 g/mol. The van der Waals surface area contributed by atoms with Crippen molar-refractivity contribution in [2.75, 3.05) is 33.0 Å². The summed E-state index contributed by atoms with van der Waals surface area (Å²) in [6.07, 6.45) is 0.528. The maximum atomic E-state index is 14.3. The zero-order valence-electron chi connectivity index (χ0n) is 25.5. The monoisotopic (exact) mass is 621 g/mol. The predicted molar refractivity (Wildman–Crippen MR) is 162 cm³/mol. The van der Waals surface area contributed by atoms with Gasteiger partial charge in [0.05, 0.1) is 25.9 Å². The summed E-state index contributed by atoms with van der Waals surface area (Å²) in [6.45, 7) is 22.5. The van der Waals surface area contributed by atoms with E-state index in [9.17, 15) is 14.4 Å². The number of carbonyl (C=O) groups is 3. The fourth-order valence-corrected chi connectivity index (χ4v) is 9.83. The first-order valence-corrected chi connectivity index (χ1v) is 19.4. The van der Waals surface area contributed by atoms with E-state index in [4.69, 9.17) is 27.5 Å². The lowest BCUT2D eigenvalue weighted by Crippen LogP contribution is -2.75. The molecule has 0 aliphatic carbocycles. The molecule has 0 spiro atoms. The smallest absolute Gasteiger partial charge is 0.417 e. The van der Waals surface area contributed by atoms with Gasteiger partial charge in [0.25, 0.3) is 7.57 Å². The molecular formula is C27H48NO9PSSi. The van der Waals surface area contributed by atoms with Crippen molar-refractivity contribution in [3.05, 3.63) is 12.7 Å². The molecule has 0 radical (unpaired) electrons. The van der Waals surface area contributed by atoms with Crippen LogP contribution in [0.4, 0.5) is 4.79 Å². The molecule has 10 nitrogen and oxygen atoms in total. The van der Waals surface area contributed by atoms with Gasteiger partial charge >= 0.3 is 6.09 Å². The summed E-state index contributed by atoms with van der Waals surface area (Å²) < 4.78 is 36.0. The van der Waals surface area contributed by atoms with Crippen molar-refractivity contribution >= 4 is 50.6 Å². The van der Waals surface area contributed by atoms with Crippen LogP contribution in [0.5, 0.6) is 0 Å². The van der Waals surface area contributed by atoms with Crippen LogP contribution in [0.1, 0.15) is 61.3 Å². The van der Waals surface area contributed by atoms with Crippen molar-refractivity contribution in [3.8, 4) is 0 Å². The number of thioether (sulfide) groups is 1. The minimum absolute atomic E-state index is 0.0831. The van der Waals surface area contributed by atoms with Gasteiger partial charge in [-0.3, -0.25) is 9.59 Å². The van der Waals surface area contributed by atoms with E-state index in [2.05, 4.69) is 40.4 Å². The van der Waals surface area contributed by atoms with Crippen LogP contribution in [-0.2, 0) is 37.1 Å². The number of likely N-dealkylation sites (tertiary alicyclic amines) is 1. The molecule has 13 heteroatoms. The van der Waals surface area contributed by atoms with Crippen LogP contribution in [0, 0.1) is 5.41 Å². The summed E-state index contributed by atoms with van der Waals surface area (Å²) in [6, 6.07) is 0. The van der Waals surface area contributed by atoms with Gasteiger partial charge in [-0.15, -0.1) is 0 Å². The van der Waals surface area contributed by atoms with Crippen LogP contribution in [0.15, 0.2) is 12.7 Å². The quantitative estimate of drug-likeness (QED) is 0.0993. The molecule has 0 aromatic heterocycles. The fraction of sp³-hybridized carbons (Fsp3) is 0.778. The number of ether oxygens (including phenoxy) is 2. The Labute approximate surface area is 245 Å². The zero-order chi connectivity index (χ0) is 30.4. The van der Waals surface area contributed by atoms with Crippen molar-refractivity contribution < 1.29 is 41.9 Å². The lowest BCUT2D eigenvalue weighted by Gasteiger charge is -2.56. The average Bonchev–Trinajstić information content (AvgIpc) is 3.40. The fourth-order valence-electron chi connectivity index (χ4n) is 4.39. The largest absolute Gasteiger partial charge is 0.445 e. The van der Waals surface area contributed by atoms with E-state index in [0.717, 1.165) is 23.1 Å². The highest BCUT2D eigenvalue weighted by atomic mass is 32.2. The van der Waals surface area contributed by atoms with Crippen molar-refractivity contribution in [2.24, 2.45) is 5.41 Å². The first-order chi connectivity index (χ1) is 18.7. The molecule has 230 valence electrons. The van der Waals surface area contributed by atoms with Gasteiger partial charge in [0.2, 0.25) is 11.0 Å². The van der Waals surface area contributed by atoms with Gasteiger partial charge < -0.3 is 27.5 Å². The van der Waals surface area contributed by atoms with Crippen molar-refractivity contribution in [3.63, 3.8) is 0 Å². The second kappa shape index (κ2) is 14.5. The lowest BCUT2D eigenvalue weighted by atomic mass is 9.76. The third-order valence-electron chi connectivity index (χ3n) is 7.42. The Morgan fingerprint density at radius 3 is 2.23 bits per heavy atom. The molecule has 4 unspecified atom stereocenters. The van der Waals surface area contributed by atoms with E-state index < -0.39 is 50.9 Å². The topological polar surface area (TPSA) is 110 Å². The minimum Gasteiger partial charge on any atom is -0.445 e. The van der Waals surface area contributed by atoms with Gasteiger partial charge in [0, 0.05) is 12.4 Å². The van der Waals surface area contributed by atoms with Crippen LogP contribution in [-0.4, -0.2) is 86.7 Å². The molecule has 4 atom stereocenters. The van der Waals surface area contributed by atoms with Gasteiger partial charge in [-0.1, -0.05) is 45.2 Å². The van der Waals surface area contributed by atoms with E-state index in [0.29, 0.717) is 13.0 Å². The van der Waals surface area contributed by atoms with Gasteiger partial charge in [-0.2, -0.15) is 0 Å². The van der Waals surface area contributed by atoms with Crippen LogP contribution >= 0.6 is 19.3 Å². The summed E-state index contributed by atoms with van der Waals surface area (Å²) in [7, 11) is -5.66. The second-order valence-corrected chi connectivity index (χ2v) is 19.2. The van der Waals surface area contributed by atoms with Gasteiger partial charge in [-0.05, 0) is 58.7 Å². The molecule has 2 aliphatic rings. The number of hydrogen-bond donors (Lipinski definition) is 0. The highest BCUT2D eigenvalue weighted by Gasteiger charge is 2.68. The Morgan fingerprint density at radius 2 is 1.77 bits per heavy atom.